The van der Waals surface area contributed by atoms with Gasteiger partial charge >= 0.3 is 5.97 Å². The molecule has 104 valence electrons. The lowest BCUT2D eigenvalue weighted by Crippen LogP contribution is -2.03. The molecule has 0 bridgehead atoms. The van der Waals surface area contributed by atoms with E-state index in [1.54, 1.807) is 17.7 Å². The zero-order valence-corrected chi connectivity index (χ0v) is 12.6. The Bertz CT molecular complexity index is 780. The molecule has 0 atom stereocenters. The van der Waals surface area contributed by atoms with Crippen molar-refractivity contribution in [1.82, 2.24) is 19.6 Å². The fraction of sp³-hybridized carbons (Fsp3) is 0.333. The van der Waals surface area contributed by atoms with Crippen LogP contribution in [0, 0.1) is 0 Å². The molecule has 3 rings (SSSR count). The molecular weight excluding hydrogens is 296 g/mol. The number of aryl methyl sites for hydroxylation is 1. The minimum Gasteiger partial charge on any atom is -0.468 e. The van der Waals surface area contributed by atoms with Crippen molar-refractivity contribution < 1.29 is 9.53 Å². The molecule has 0 fully saturated rings. The van der Waals surface area contributed by atoms with Crippen LogP contribution in [0.1, 0.15) is 11.8 Å². The Hall–Kier alpha value is -1.67. The molecule has 3 aromatic heterocycles. The van der Waals surface area contributed by atoms with Gasteiger partial charge in [-0.3, -0.25) is 9.20 Å². The SMILES string of the molecule is CCc1cc2c(ncn3c(SCC(=O)OC)nnc23)s1. The number of thioether (sulfide) groups is 1. The van der Waals surface area contributed by atoms with Gasteiger partial charge in [0.25, 0.3) is 0 Å². The van der Waals surface area contributed by atoms with Gasteiger partial charge in [0.15, 0.2) is 10.8 Å². The van der Waals surface area contributed by atoms with Crippen molar-refractivity contribution in [3.8, 4) is 0 Å². The van der Waals surface area contributed by atoms with Crippen molar-refractivity contribution in [1.29, 1.82) is 0 Å². The van der Waals surface area contributed by atoms with Crippen LogP contribution in [-0.4, -0.2) is 38.4 Å². The molecule has 0 aliphatic heterocycles. The first-order valence-electron chi connectivity index (χ1n) is 6.04. The number of esters is 1. The second-order valence-electron chi connectivity index (χ2n) is 4.07. The Kier molecular flexibility index (Phi) is 3.58. The summed E-state index contributed by atoms with van der Waals surface area (Å²) in [7, 11) is 1.37. The summed E-state index contributed by atoms with van der Waals surface area (Å²) in [5.74, 6) is -0.0799. The van der Waals surface area contributed by atoms with Crippen LogP contribution in [0.3, 0.4) is 0 Å². The van der Waals surface area contributed by atoms with Crippen LogP contribution in [0.2, 0.25) is 0 Å². The molecule has 0 amide bonds. The molecule has 0 N–H and O–H groups in total. The van der Waals surface area contributed by atoms with Crippen LogP contribution < -0.4 is 0 Å². The maximum atomic E-state index is 11.2. The number of rotatable bonds is 4. The molecule has 0 saturated carbocycles. The number of fused-ring (bicyclic) bond motifs is 3. The fourth-order valence-corrected chi connectivity index (χ4v) is 3.48. The minimum atomic E-state index is -0.287. The normalized spacial score (nSPS) is 11.3. The molecule has 0 radical (unpaired) electrons. The van der Waals surface area contributed by atoms with Crippen molar-refractivity contribution >= 4 is 44.9 Å². The summed E-state index contributed by atoms with van der Waals surface area (Å²) < 4.78 is 6.43. The molecule has 0 unspecified atom stereocenters. The zero-order valence-electron chi connectivity index (χ0n) is 11.0. The number of carbonyl (C=O) groups excluding carboxylic acids is 1. The van der Waals surface area contributed by atoms with Gasteiger partial charge in [-0.1, -0.05) is 18.7 Å². The maximum Gasteiger partial charge on any atom is 0.316 e. The zero-order chi connectivity index (χ0) is 14.1. The summed E-state index contributed by atoms with van der Waals surface area (Å²) in [6.07, 6.45) is 2.68. The van der Waals surface area contributed by atoms with E-state index in [1.165, 1.54) is 23.7 Å². The van der Waals surface area contributed by atoms with Crippen molar-refractivity contribution in [3.05, 3.63) is 17.3 Å². The molecular formula is C12H12N4O2S2. The Morgan fingerprint density at radius 1 is 1.50 bits per heavy atom. The maximum absolute atomic E-state index is 11.2. The second-order valence-corrected chi connectivity index (χ2v) is 6.13. The monoisotopic (exact) mass is 308 g/mol. The summed E-state index contributed by atoms with van der Waals surface area (Å²) in [4.78, 5) is 17.8. The smallest absolute Gasteiger partial charge is 0.316 e. The van der Waals surface area contributed by atoms with Gasteiger partial charge in [0.05, 0.1) is 18.2 Å². The first-order chi connectivity index (χ1) is 9.72. The van der Waals surface area contributed by atoms with Gasteiger partial charge in [0, 0.05) is 4.88 Å². The van der Waals surface area contributed by atoms with E-state index in [2.05, 4.69) is 32.9 Å². The van der Waals surface area contributed by atoms with Crippen LogP contribution in [-0.2, 0) is 16.0 Å². The number of carbonyl (C=O) groups is 1. The van der Waals surface area contributed by atoms with E-state index in [0.717, 1.165) is 22.3 Å². The highest BCUT2D eigenvalue weighted by atomic mass is 32.2. The first-order valence-corrected chi connectivity index (χ1v) is 7.85. The minimum absolute atomic E-state index is 0.208. The van der Waals surface area contributed by atoms with E-state index in [1.807, 2.05) is 4.40 Å². The molecule has 6 nitrogen and oxygen atoms in total. The number of nitrogens with zero attached hydrogens (tertiary/aromatic N) is 4. The molecule has 20 heavy (non-hydrogen) atoms. The van der Waals surface area contributed by atoms with Gasteiger partial charge in [-0.05, 0) is 12.5 Å². The van der Waals surface area contributed by atoms with Gasteiger partial charge in [0.1, 0.15) is 11.2 Å². The van der Waals surface area contributed by atoms with E-state index < -0.39 is 0 Å². The quantitative estimate of drug-likeness (QED) is 0.543. The van der Waals surface area contributed by atoms with Gasteiger partial charge in [0.2, 0.25) is 0 Å². The van der Waals surface area contributed by atoms with E-state index in [9.17, 15) is 4.79 Å². The van der Waals surface area contributed by atoms with E-state index in [4.69, 9.17) is 0 Å². The van der Waals surface area contributed by atoms with Crippen molar-refractivity contribution in [3.63, 3.8) is 0 Å². The van der Waals surface area contributed by atoms with E-state index in [0.29, 0.717) is 5.16 Å². The Morgan fingerprint density at radius 3 is 3.10 bits per heavy atom. The first kappa shape index (κ1) is 13.3. The highest BCUT2D eigenvalue weighted by molar-refractivity contribution is 7.99. The lowest BCUT2D eigenvalue weighted by atomic mass is 10.3. The number of aromatic nitrogens is 4. The van der Waals surface area contributed by atoms with Crippen LogP contribution in [0.5, 0.6) is 0 Å². The third-order valence-corrected chi connectivity index (χ3v) is 4.96. The Balaban J connectivity index is 2.02. The number of hydrogen-bond donors (Lipinski definition) is 0. The average molecular weight is 308 g/mol. The highest BCUT2D eigenvalue weighted by Crippen LogP contribution is 2.28. The molecule has 3 aromatic rings. The number of ether oxygens (including phenoxy) is 1. The number of methoxy groups -OCH3 is 1. The van der Waals surface area contributed by atoms with E-state index in [-0.39, 0.29) is 11.7 Å². The Labute approximate surface area is 123 Å². The van der Waals surface area contributed by atoms with Crippen molar-refractivity contribution in [2.75, 3.05) is 12.9 Å². The number of hydrogen-bond acceptors (Lipinski definition) is 7. The average Bonchev–Trinajstić information content (AvgIpc) is 3.07. The summed E-state index contributed by atoms with van der Waals surface area (Å²) >= 11 is 2.96. The lowest BCUT2D eigenvalue weighted by Gasteiger charge is -1.98. The van der Waals surface area contributed by atoms with Crippen LogP contribution in [0.25, 0.3) is 15.9 Å². The van der Waals surface area contributed by atoms with Crippen LogP contribution in [0.15, 0.2) is 17.6 Å². The van der Waals surface area contributed by atoms with Gasteiger partial charge < -0.3 is 4.74 Å². The third kappa shape index (κ3) is 2.25. The van der Waals surface area contributed by atoms with Crippen molar-refractivity contribution in [2.24, 2.45) is 0 Å². The predicted octanol–water partition coefficient (Wildman–Crippen LogP) is 2.17. The van der Waals surface area contributed by atoms with Gasteiger partial charge in [-0.25, -0.2) is 4.98 Å². The summed E-state index contributed by atoms with van der Waals surface area (Å²) in [5, 5.41) is 9.97. The molecule has 0 spiro atoms. The molecule has 3 heterocycles. The summed E-state index contributed by atoms with van der Waals surface area (Å²) in [5.41, 5.74) is 0.776. The predicted molar refractivity (Wildman–Crippen MR) is 78.3 cm³/mol. The van der Waals surface area contributed by atoms with Gasteiger partial charge in [-0.15, -0.1) is 21.5 Å². The second kappa shape index (κ2) is 5.37. The van der Waals surface area contributed by atoms with Crippen molar-refractivity contribution in [2.45, 2.75) is 18.5 Å². The molecule has 0 aromatic carbocycles. The van der Waals surface area contributed by atoms with Crippen LogP contribution in [0.4, 0.5) is 0 Å². The summed E-state index contributed by atoms with van der Waals surface area (Å²) in [6, 6.07) is 2.10. The standard InChI is InChI=1S/C12H12N4O2S2/c1-3-7-4-8-10-14-15-12(19-5-9(17)18-2)16(10)6-13-11(8)20-7/h4,6H,3,5H2,1-2H3. The number of thiophene rings is 1. The molecule has 0 saturated heterocycles. The Morgan fingerprint density at radius 2 is 2.35 bits per heavy atom. The topological polar surface area (TPSA) is 69.4 Å². The summed E-state index contributed by atoms with van der Waals surface area (Å²) in [6.45, 7) is 2.11. The van der Waals surface area contributed by atoms with E-state index >= 15 is 0 Å². The molecule has 8 heteroatoms. The fourth-order valence-electron chi connectivity index (χ4n) is 1.82. The molecule has 0 aliphatic carbocycles. The third-order valence-electron chi connectivity index (χ3n) is 2.85. The highest BCUT2D eigenvalue weighted by Gasteiger charge is 2.13. The van der Waals surface area contributed by atoms with Gasteiger partial charge in [-0.2, -0.15) is 0 Å². The lowest BCUT2D eigenvalue weighted by molar-refractivity contribution is -0.137. The van der Waals surface area contributed by atoms with Crippen LogP contribution >= 0.6 is 23.1 Å². The largest absolute Gasteiger partial charge is 0.468 e. The molecule has 0 aliphatic rings.